The van der Waals surface area contributed by atoms with E-state index in [-0.39, 0.29) is 43.1 Å². The summed E-state index contributed by atoms with van der Waals surface area (Å²) >= 11 is 0. The molecule has 2 amide bonds. The summed E-state index contributed by atoms with van der Waals surface area (Å²) < 4.78 is 13.6. The molecule has 182 valence electrons. The third-order valence-corrected chi connectivity index (χ3v) is 5.75. The number of aromatic nitrogens is 2. The Morgan fingerprint density at radius 3 is 2.37 bits per heavy atom. The fourth-order valence-electron chi connectivity index (χ4n) is 4.08. The van der Waals surface area contributed by atoms with Crippen LogP contribution in [-0.2, 0) is 32.7 Å². The van der Waals surface area contributed by atoms with Gasteiger partial charge in [-0.3, -0.25) is 13.9 Å². The van der Waals surface area contributed by atoms with Crippen LogP contribution in [0.3, 0.4) is 0 Å². The van der Waals surface area contributed by atoms with E-state index in [1.54, 1.807) is 38.2 Å². The normalized spacial score (nSPS) is 15.5. The minimum Gasteiger partial charge on any atom is -0.463 e. The topological polar surface area (TPSA) is 121 Å². The molecule has 2 heterocycles. The van der Waals surface area contributed by atoms with Gasteiger partial charge in [0.25, 0.3) is 0 Å². The predicted molar refractivity (Wildman–Crippen MR) is 127 cm³/mol. The van der Waals surface area contributed by atoms with Crippen LogP contribution in [0.1, 0.15) is 24.9 Å². The highest BCUT2D eigenvalue weighted by atomic mass is 16.5. The lowest BCUT2D eigenvalue weighted by Gasteiger charge is -2.29. The van der Waals surface area contributed by atoms with Gasteiger partial charge in [-0.2, -0.15) is 0 Å². The zero-order valence-electron chi connectivity index (χ0n) is 19.4. The molecule has 0 saturated heterocycles. The van der Waals surface area contributed by atoms with Crippen LogP contribution in [0.5, 0.6) is 0 Å². The number of ether oxygens (including phenoxy) is 2. The molecule has 0 radical (unpaired) electrons. The Morgan fingerprint density at radius 1 is 0.971 bits per heavy atom. The Hall–Kier alpha value is -4.34. The highest BCUT2D eigenvalue weighted by molar-refractivity contribution is 5.95. The van der Waals surface area contributed by atoms with E-state index in [1.165, 1.54) is 9.13 Å². The molecular formula is C25H26N4O6. The molecule has 10 nitrogen and oxygen atoms in total. The van der Waals surface area contributed by atoms with Gasteiger partial charge >= 0.3 is 23.7 Å². The minimum atomic E-state index is -0.757. The van der Waals surface area contributed by atoms with E-state index in [9.17, 15) is 19.2 Å². The number of aryl methyl sites for hydroxylation is 2. The average molecular weight is 479 g/mol. The highest BCUT2D eigenvalue weighted by Gasteiger charge is 2.34. The lowest BCUT2D eigenvalue weighted by atomic mass is 9.95. The molecule has 1 atom stereocenters. The Kier molecular flexibility index (Phi) is 7.00. The van der Waals surface area contributed by atoms with Gasteiger partial charge in [0.05, 0.1) is 41.4 Å². The molecule has 2 N–H and O–H groups in total. The van der Waals surface area contributed by atoms with E-state index in [0.29, 0.717) is 5.56 Å². The Bertz CT molecular complexity index is 1360. The molecule has 0 bridgehead atoms. The van der Waals surface area contributed by atoms with Crippen molar-refractivity contribution in [2.75, 3.05) is 13.2 Å². The lowest BCUT2D eigenvalue weighted by molar-refractivity contribution is -0.144. The van der Waals surface area contributed by atoms with Crippen molar-refractivity contribution in [3.8, 4) is 0 Å². The van der Waals surface area contributed by atoms with Gasteiger partial charge in [-0.05, 0) is 24.6 Å². The number of nitrogens with one attached hydrogen (secondary N) is 2. The number of carbonyl (C=O) groups is 3. The number of benzene rings is 2. The summed E-state index contributed by atoms with van der Waals surface area (Å²) in [6.45, 7) is 1.63. The Morgan fingerprint density at radius 2 is 1.66 bits per heavy atom. The van der Waals surface area contributed by atoms with Crippen molar-refractivity contribution in [1.29, 1.82) is 0 Å². The van der Waals surface area contributed by atoms with Crippen molar-refractivity contribution in [2.45, 2.75) is 25.9 Å². The molecule has 2 aromatic carbocycles. The maximum Gasteiger partial charge on any atom is 0.338 e. The van der Waals surface area contributed by atoms with E-state index in [1.807, 2.05) is 30.3 Å². The van der Waals surface area contributed by atoms with Gasteiger partial charge in [0.15, 0.2) is 0 Å². The van der Waals surface area contributed by atoms with Gasteiger partial charge in [-0.1, -0.05) is 42.5 Å². The van der Waals surface area contributed by atoms with E-state index in [2.05, 4.69) is 10.6 Å². The first kappa shape index (κ1) is 23.8. The molecule has 0 aliphatic carbocycles. The highest BCUT2D eigenvalue weighted by Crippen LogP contribution is 2.27. The molecule has 1 aliphatic rings. The largest absolute Gasteiger partial charge is 0.463 e. The smallest absolute Gasteiger partial charge is 0.338 e. The summed E-state index contributed by atoms with van der Waals surface area (Å²) in [4.78, 5) is 50.2. The van der Waals surface area contributed by atoms with E-state index < -0.39 is 24.0 Å². The SMILES string of the molecule is CCOC(=O)C1=C(COC(=O)CCn2c(=O)n(C)c3ccccc32)NC(=O)N[C@@H]1c1ccccc1. The number of hydrogen-bond acceptors (Lipinski definition) is 6. The third-order valence-electron chi connectivity index (χ3n) is 5.75. The molecule has 35 heavy (non-hydrogen) atoms. The second-order valence-electron chi connectivity index (χ2n) is 7.95. The molecule has 4 rings (SSSR count). The number of hydrogen-bond donors (Lipinski definition) is 2. The number of para-hydroxylation sites is 2. The fourth-order valence-corrected chi connectivity index (χ4v) is 4.08. The number of carbonyl (C=O) groups excluding carboxylic acids is 3. The molecule has 3 aromatic rings. The fraction of sp³-hybridized carbons (Fsp3) is 0.280. The maximum absolute atomic E-state index is 12.8. The van der Waals surface area contributed by atoms with E-state index in [4.69, 9.17) is 9.47 Å². The Balaban J connectivity index is 1.52. The summed E-state index contributed by atoms with van der Waals surface area (Å²) in [5.41, 5.74) is 2.25. The van der Waals surface area contributed by atoms with E-state index >= 15 is 0 Å². The molecule has 10 heteroatoms. The molecule has 0 spiro atoms. The van der Waals surface area contributed by atoms with Crippen molar-refractivity contribution < 1.29 is 23.9 Å². The number of esters is 2. The second kappa shape index (κ2) is 10.3. The van der Waals surface area contributed by atoms with Crippen molar-refractivity contribution in [1.82, 2.24) is 19.8 Å². The quantitative estimate of drug-likeness (QED) is 0.479. The monoisotopic (exact) mass is 478 g/mol. The first-order valence-electron chi connectivity index (χ1n) is 11.2. The van der Waals surface area contributed by atoms with Crippen LogP contribution in [-0.4, -0.2) is 40.3 Å². The standard InChI is InChI=1S/C25H26N4O6/c1-3-34-23(31)21-17(26-24(32)27-22(21)16-9-5-4-6-10-16)15-35-20(30)13-14-29-19-12-8-7-11-18(19)28(2)25(29)33/h4-12,22H,3,13-15H2,1-2H3,(H2,26,27,32)/t22-/m1/s1. The number of fused-ring (bicyclic) bond motifs is 1. The van der Waals surface area contributed by atoms with Gasteiger partial charge in [0.2, 0.25) is 0 Å². The van der Waals surface area contributed by atoms with Crippen LogP contribution in [0, 0.1) is 0 Å². The van der Waals surface area contributed by atoms with Crippen molar-refractivity contribution >= 4 is 29.0 Å². The lowest BCUT2D eigenvalue weighted by Crippen LogP contribution is -2.47. The summed E-state index contributed by atoms with van der Waals surface area (Å²) in [5, 5.41) is 5.29. The summed E-state index contributed by atoms with van der Waals surface area (Å²) in [7, 11) is 1.67. The molecule has 1 aromatic heterocycles. The second-order valence-corrected chi connectivity index (χ2v) is 7.95. The summed E-state index contributed by atoms with van der Waals surface area (Å²) in [6.07, 6.45) is -0.0652. The van der Waals surface area contributed by atoms with Crippen LogP contribution in [0.4, 0.5) is 4.79 Å². The minimum absolute atomic E-state index is 0.0652. The maximum atomic E-state index is 12.8. The van der Waals surface area contributed by atoms with Gasteiger partial charge in [0.1, 0.15) is 6.61 Å². The zero-order chi connectivity index (χ0) is 24.9. The molecule has 0 fully saturated rings. The molecular weight excluding hydrogens is 452 g/mol. The molecule has 1 aliphatic heterocycles. The third kappa shape index (κ3) is 4.96. The first-order valence-corrected chi connectivity index (χ1v) is 11.2. The number of nitrogens with zero attached hydrogens (tertiary/aromatic N) is 2. The van der Waals surface area contributed by atoms with Gasteiger partial charge in [0, 0.05) is 13.6 Å². The van der Waals surface area contributed by atoms with Gasteiger partial charge in [-0.25, -0.2) is 14.4 Å². The van der Waals surface area contributed by atoms with Gasteiger partial charge < -0.3 is 20.1 Å². The van der Waals surface area contributed by atoms with Crippen LogP contribution >= 0.6 is 0 Å². The Labute approximate surface area is 201 Å². The number of rotatable bonds is 8. The van der Waals surface area contributed by atoms with Crippen LogP contribution in [0.15, 0.2) is 70.7 Å². The number of amides is 2. The number of imidazole rings is 1. The van der Waals surface area contributed by atoms with Crippen molar-refractivity contribution in [2.24, 2.45) is 7.05 Å². The van der Waals surface area contributed by atoms with Crippen LogP contribution in [0.2, 0.25) is 0 Å². The predicted octanol–water partition coefficient (Wildman–Crippen LogP) is 2.14. The first-order chi connectivity index (χ1) is 16.9. The number of urea groups is 1. The van der Waals surface area contributed by atoms with Crippen molar-refractivity contribution in [3.63, 3.8) is 0 Å². The van der Waals surface area contributed by atoms with Crippen molar-refractivity contribution in [3.05, 3.63) is 81.9 Å². The summed E-state index contributed by atoms with van der Waals surface area (Å²) in [5.74, 6) is -1.20. The zero-order valence-corrected chi connectivity index (χ0v) is 19.4. The average Bonchev–Trinajstić information content (AvgIpc) is 3.11. The van der Waals surface area contributed by atoms with Crippen LogP contribution in [0.25, 0.3) is 11.0 Å². The van der Waals surface area contributed by atoms with E-state index in [0.717, 1.165) is 11.0 Å². The van der Waals surface area contributed by atoms with Gasteiger partial charge in [-0.15, -0.1) is 0 Å². The molecule has 0 unspecified atom stereocenters. The summed E-state index contributed by atoms with van der Waals surface area (Å²) in [6, 6.07) is 15.0. The molecule has 0 saturated carbocycles. The van der Waals surface area contributed by atoms with Crippen LogP contribution < -0.4 is 16.3 Å².